The van der Waals surface area contributed by atoms with E-state index in [4.69, 9.17) is 10.9 Å². The number of nitrogens with one attached hydrogen (secondary N) is 1. The minimum atomic E-state index is -0.410. The molecule has 0 aliphatic heterocycles. The van der Waals surface area contributed by atoms with Crippen molar-refractivity contribution in [3.05, 3.63) is 35.1 Å². The number of hydrogen-bond acceptors (Lipinski definition) is 4. The second kappa shape index (κ2) is 7.06. The van der Waals surface area contributed by atoms with Crippen LogP contribution in [0, 0.1) is 5.82 Å². The third kappa shape index (κ3) is 4.84. The first-order valence-electron chi connectivity index (χ1n) is 6.08. The van der Waals surface area contributed by atoms with Crippen LogP contribution in [0.25, 0.3) is 0 Å². The average molecular weight is 268 g/mol. The van der Waals surface area contributed by atoms with Gasteiger partial charge in [0.25, 0.3) is 0 Å². The van der Waals surface area contributed by atoms with Crippen molar-refractivity contribution in [2.24, 2.45) is 10.9 Å². The molecule has 0 aliphatic carbocycles. The second-order valence-corrected chi connectivity index (χ2v) is 4.83. The number of nitrogens with zero attached hydrogens (tertiary/aromatic N) is 2. The summed E-state index contributed by atoms with van der Waals surface area (Å²) in [4.78, 5) is 2.08. The van der Waals surface area contributed by atoms with Gasteiger partial charge in [-0.2, -0.15) is 0 Å². The monoisotopic (exact) mass is 268 g/mol. The van der Waals surface area contributed by atoms with Gasteiger partial charge in [0.05, 0.1) is 0 Å². The molecule has 1 rings (SSSR count). The summed E-state index contributed by atoms with van der Waals surface area (Å²) in [6.07, 6.45) is 0. The zero-order chi connectivity index (χ0) is 14.4. The Morgan fingerprint density at radius 2 is 2.21 bits per heavy atom. The smallest absolute Gasteiger partial charge is 0.170 e. The summed E-state index contributed by atoms with van der Waals surface area (Å²) in [5.41, 5.74) is 6.75. The molecule has 106 valence electrons. The molecule has 1 atom stereocenters. The van der Waals surface area contributed by atoms with Gasteiger partial charge in [0.2, 0.25) is 0 Å². The molecule has 0 aromatic heterocycles. The Bertz CT molecular complexity index is 448. The fourth-order valence-electron chi connectivity index (χ4n) is 1.89. The highest BCUT2D eigenvalue weighted by Crippen LogP contribution is 2.11. The number of amidine groups is 1. The SMILES string of the molecule is CC(CN(C)C)NCc1ccc(F)cc1/C(N)=N/O. The van der Waals surface area contributed by atoms with Crippen LogP contribution in [0.15, 0.2) is 23.4 Å². The van der Waals surface area contributed by atoms with Crippen molar-refractivity contribution in [1.29, 1.82) is 0 Å². The van der Waals surface area contributed by atoms with Crippen LogP contribution in [0.3, 0.4) is 0 Å². The number of benzene rings is 1. The number of halogens is 1. The number of likely N-dealkylation sites (N-methyl/N-ethyl adjacent to an activating group) is 1. The van der Waals surface area contributed by atoms with Crippen LogP contribution in [0.2, 0.25) is 0 Å². The van der Waals surface area contributed by atoms with Crippen molar-refractivity contribution in [2.75, 3.05) is 20.6 Å². The number of rotatable bonds is 6. The Labute approximate surface area is 112 Å². The van der Waals surface area contributed by atoms with Crippen molar-refractivity contribution >= 4 is 5.84 Å². The van der Waals surface area contributed by atoms with Gasteiger partial charge in [0.15, 0.2) is 5.84 Å². The zero-order valence-corrected chi connectivity index (χ0v) is 11.5. The largest absolute Gasteiger partial charge is 0.409 e. The van der Waals surface area contributed by atoms with E-state index in [1.54, 1.807) is 6.07 Å². The number of oxime groups is 1. The predicted molar refractivity (Wildman–Crippen MR) is 73.8 cm³/mol. The Morgan fingerprint density at radius 3 is 2.79 bits per heavy atom. The fourth-order valence-corrected chi connectivity index (χ4v) is 1.89. The molecule has 0 amide bonds. The molecule has 19 heavy (non-hydrogen) atoms. The molecule has 1 aromatic carbocycles. The van der Waals surface area contributed by atoms with E-state index in [2.05, 4.69) is 22.3 Å². The van der Waals surface area contributed by atoms with E-state index in [1.165, 1.54) is 12.1 Å². The zero-order valence-electron chi connectivity index (χ0n) is 11.5. The highest BCUT2D eigenvalue weighted by atomic mass is 19.1. The Kier molecular flexibility index (Phi) is 5.72. The third-order valence-corrected chi connectivity index (χ3v) is 2.74. The summed E-state index contributed by atoms with van der Waals surface area (Å²) < 4.78 is 13.2. The van der Waals surface area contributed by atoms with E-state index in [1.807, 2.05) is 14.1 Å². The molecule has 0 saturated heterocycles. The van der Waals surface area contributed by atoms with E-state index in [9.17, 15) is 4.39 Å². The van der Waals surface area contributed by atoms with Crippen LogP contribution >= 0.6 is 0 Å². The lowest BCUT2D eigenvalue weighted by atomic mass is 10.1. The number of nitrogens with two attached hydrogens (primary N) is 1. The average Bonchev–Trinajstić information content (AvgIpc) is 2.35. The first-order chi connectivity index (χ1) is 8.93. The summed E-state index contributed by atoms with van der Waals surface area (Å²) >= 11 is 0. The lowest BCUT2D eigenvalue weighted by molar-refractivity contribution is 0.318. The molecule has 4 N–H and O–H groups in total. The maximum Gasteiger partial charge on any atom is 0.170 e. The first-order valence-corrected chi connectivity index (χ1v) is 6.08. The van der Waals surface area contributed by atoms with Gasteiger partial charge in [-0.1, -0.05) is 11.2 Å². The molecule has 0 spiro atoms. The first kappa shape index (κ1) is 15.4. The molecule has 0 radical (unpaired) electrons. The van der Waals surface area contributed by atoms with Crippen molar-refractivity contribution in [1.82, 2.24) is 10.2 Å². The normalized spacial score (nSPS) is 13.8. The molecule has 6 heteroatoms. The highest BCUT2D eigenvalue weighted by Gasteiger charge is 2.10. The van der Waals surface area contributed by atoms with Crippen molar-refractivity contribution in [3.8, 4) is 0 Å². The van der Waals surface area contributed by atoms with Crippen LogP contribution in [0.4, 0.5) is 4.39 Å². The molecular weight excluding hydrogens is 247 g/mol. The van der Waals surface area contributed by atoms with Gasteiger partial charge in [-0.25, -0.2) is 4.39 Å². The van der Waals surface area contributed by atoms with E-state index >= 15 is 0 Å². The molecule has 0 saturated carbocycles. The van der Waals surface area contributed by atoms with E-state index in [0.717, 1.165) is 12.1 Å². The second-order valence-electron chi connectivity index (χ2n) is 4.83. The van der Waals surface area contributed by atoms with Crippen LogP contribution in [-0.2, 0) is 6.54 Å². The summed E-state index contributed by atoms with van der Waals surface area (Å²) in [6.45, 7) is 3.48. The van der Waals surface area contributed by atoms with Crippen molar-refractivity contribution in [2.45, 2.75) is 19.5 Å². The highest BCUT2D eigenvalue weighted by molar-refractivity contribution is 5.98. The standard InChI is InChI=1S/C13H21FN4O/c1-9(8-18(2)3)16-7-10-4-5-11(14)6-12(10)13(15)17-19/h4-6,9,16,19H,7-8H2,1-3H3,(H2,15,17). The lowest BCUT2D eigenvalue weighted by Crippen LogP contribution is -2.35. The van der Waals surface area contributed by atoms with Crippen LogP contribution < -0.4 is 11.1 Å². The van der Waals surface area contributed by atoms with Gasteiger partial charge >= 0.3 is 0 Å². The summed E-state index contributed by atoms with van der Waals surface area (Å²) in [6, 6.07) is 4.54. The minimum absolute atomic E-state index is 0.0865. The van der Waals surface area contributed by atoms with Gasteiger partial charge < -0.3 is 21.2 Å². The molecule has 0 bridgehead atoms. The quantitative estimate of drug-likeness (QED) is 0.311. The Balaban J connectivity index is 2.78. The fraction of sp³-hybridized carbons (Fsp3) is 0.462. The van der Waals surface area contributed by atoms with Crippen molar-refractivity contribution in [3.63, 3.8) is 0 Å². The maximum absolute atomic E-state index is 13.2. The van der Waals surface area contributed by atoms with Gasteiger partial charge in [0, 0.05) is 24.7 Å². The van der Waals surface area contributed by atoms with Gasteiger partial charge in [-0.3, -0.25) is 0 Å². The Morgan fingerprint density at radius 1 is 1.53 bits per heavy atom. The molecular formula is C13H21FN4O. The van der Waals surface area contributed by atoms with Crippen LogP contribution in [0.5, 0.6) is 0 Å². The lowest BCUT2D eigenvalue weighted by Gasteiger charge is -2.19. The minimum Gasteiger partial charge on any atom is -0.409 e. The molecule has 0 aliphatic rings. The van der Waals surface area contributed by atoms with Gasteiger partial charge in [-0.15, -0.1) is 0 Å². The maximum atomic E-state index is 13.2. The topological polar surface area (TPSA) is 73.9 Å². The van der Waals surface area contributed by atoms with Crippen molar-refractivity contribution < 1.29 is 9.60 Å². The molecule has 0 heterocycles. The van der Waals surface area contributed by atoms with Crippen LogP contribution in [-0.4, -0.2) is 42.6 Å². The molecule has 1 aromatic rings. The summed E-state index contributed by atoms with van der Waals surface area (Å²) in [5, 5.41) is 15.0. The van der Waals surface area contributed by atoms with E-state index in [0.29, 0.717) is 12.1 Å². The summed E-state index contributed by atoms with van der Waals surface area (Å²) in [7, 11) is 4.00. The predicted octanol–water partition coefficient (Wildman–Crippen LogP) is 0.960. The third-order valence-electron chi connectivity index (χ3n) is 2.74. The van der Waals surface area contributed by atoms with E-state index in [-0.39, 0.29) is 11.9 Å². The van der Waals surface area contributed by atoms with Gasteiger partial charge in [0.1, 0.15) is 5.82 Å². The molecule has 1 unspecified atom stereocenters. The van der Waals surface area contributed by atoms with E-state index < -0.39 is 5.82 Å². The van der Waals surface area contributed by atoms with Gasteiger partial charge in [-0.05, 0) is 38.7 Å². The van der Waals surface area contributed by atoms with Crippen LogP contribution in [0.1, 0.15) is 18.1 Å². The molecule has 5 nitrogen and oxygen atoms in total. The number of hydrogen-bond donors (Lipinski definition) is 3. The Hall–Kier alpha value is -1.66. The molecule has 0 fully saturated rings. The summed E-state index contributed by atoms with van der Waals surface area (Å²) in [5.74, 6) is -0.497.